The predicted molar refractivity (Wildman–Crippen MR) is 44.3 cm³/mol. The monoisotopic (exact) mass is 154 g/mol. The molecule has 0 aromatic carbocycles. The van der Waals surface area contributed by atoms with Gasteiger partial charge < -0.3 is 4.79 Å². The second kappa shape index (κ2) is 4.83. The highest BCUT2D eigenvalue weighted by Crippen LogP contribution is 2.08. The Labute approximate surface area is 67.3 Å². The van der Waals surface area contributed by atoms with Crippen LogP contribution in [-0.2, 0) is 9.59 Å². The lowest BCUT2D eigenvalue weighted by Gasteiger charge is -2.04. The molecule has 1 atom stereocenters. The quantitative estimate of drug-likeness (QED) is 0.565. The molecule has 0 radical (unpaired) electrons. The van der Waals surface area contributed by atoms with Crippen molar-refractivity contribution in [3.05, 3.63) is 12.7 Å². The molecule has 2 nitrogen and oxygen atoms in total. The number of rotatable bonds is 5. The van der Waals surface area contributed by atoms with Crippen molar-refractivity contribution in [2.75, 3.05) is 0 Å². The van der Waals surface area contributed by atoms with Gasteiger partial charge in [-0.05, 0) is 18.9 Å². The van der Waals surface area contributed by atoms with Crippen LogP contribution < -0.4 is 0 Å². The highest BCUT2D eigenvalue weighted by Gasteiger charge is 2.07. The molecule has 0 bridgehead atoms. The van der Waals surface area contributed by atoms with E-state index in [2.05, 4.69) is 6.58 Å². The zero-order chi connectivity index (χ0) is 8.85. The first-order valence-electron chi connectivity index (χ1n) is 3.71. The van der Waals surface area contributed by atoms with Crippen LogP contribution in [0.2, 0.25) is 0 Å². The minimum absolute atomic E-state index is 0.0127. The second-order valence-electron chi connectivity index (χ2n) is 2.89. The SMILES string of the molecule is C=CC(=O)C[C@@H](C)CC(C)=O. The Morgan fingerprint density at radius 2 is 2.00 bits per heavy atom. The summed E-state index contributed by atoms with van der Waals surface area (Å²) < 4.78 is 0. The molecule has 0 aromatic rings. The van der Waals surface area contributed by atoms with Crippen molar-refractivity contribution in [3.63, 3.8) is 0 Å². The van der Waals surface area contributed by atoms with Gasteiger partial charge in [-0.1, -0.05) is 13.5 Å². The zero-order valence-electron chi connectivity index (χ0n) is 7.09. The van der Waals surface area contributed by atoms with E-state index in [9.17, 15) is 9.59 Å². The maximum Gasteiger partial charge on any atom is 0.155 e. The van der Waals surface area contributed by atoms with E-state index in [-0.39, 0.29) is 17.5 Å². The first-order valence-corrected chi connectivity index (χ1v) is 3.71. The van der Waals surface area contributed by atoms with Crippen LogP contribution in [0.3, 0.4) is 0 Å². The standard InChI is InChI=1S/C9H14O2/c1-4-9(11)6-7(2)5-8(3)10/h4,7H,1,5-6H2,2-3H3/t7-/m0/s1. The molecule has 0 fully saturated rings. The molecule has 0 saturated carbocycles. The fourth-order valence-electron chi connectivity index (χ4n) is 0.990. The van der Waals surface area contributed by atoms with Crippen LogP contribution in [0.25, 0.3) is 0 Å². The van der Waals surface area contributed by atoms with Crippen LogP contribution in [0, 0.1) is 5.92 Å². The average Bonchev–Trinajstić information content (AvgIpc) is 1.85. The minimum Gasteiger partial charge on any atom is -0.300 e. The highest BCUT2D eigenvalue weighted by atomic mass is 16.1. The molecular weight excluding hydrogens is 140 g/mol. The molecule has 0 amide bonds. The summed E-state index contributed by atoms with van der Waals surface area (Å²) in [5.74, 6) is 0.297. The van der Waals surface area contributed by atoms with Crippen LogP contribution in [0.1, 0.15) is 26.7 Å². The van der Waals surface area contributed by atoms with Crippen LogP contribution in [-0.4, -0.2) is 11.6 Å². The predicted octanol–water partition coefficient (Wildman–Crippen LogP) is 1.75. The van der Waals surface area contributed by atoms with E-state index in [0.717, 1.165) is 0 Å². The van der Waals surface area contributed by atoms with Gasteiger partial charge in [0.25, 0.3) is 0 Å². The fraction of sp³-hybridized carbons (Fsp3) is 0.556. The van der Waals surface area contributed by atoms with E-state index < -0.39 is 0 Å². The van der Waals surface area contributed by atoms with Crippen molar-refractivity contribution in [1.82, 2.24) is 0 Å². The lowest BCUT2D eigenvalue weighted by Crippen LogP contribution is -2.06. The number of carbonyl (C=O) groups excluding carboxylic acids is 2. The summed E-state index contributed by atoms with van der Waals surface area (Å²) in [6, 6.07) is 0. The number of carbonyl (C=O) groups is 2. The van der Waals surface area contributed by atoms with E-state index in [1.54, 1.807) is 0 Å². The summed E-state index contributed by atoms with van der Waals surface area (Å²) in [5, 5.41) is 0. The van der Waals surface area contributed by atoms with Crippen molar-refractivity contribution in [1.29, 1.82) is 0 Å². The van der Waals surface area contributed by atoms with Gasteiger partial charge in [0, 0.05) is 12.8 Å². The summed E-state index contributed by atoms with van der Waals surface area (Å²) >= 11 is 0. The lowest BCUT2D eigenvalue weighted by molar-refractivity contribution is -0.118. The Morgan fingerprint density at radius 1 is 1.45 bits per heavy atom. The molecule has 0 spiro atoms. The van der Waals surface area contributed by atoms with Crippen LogP contribution in [0.5, 0.6) is 0 Å². The Balaban J connectivity index is 3.68. The Kier molecular flexibility index (Phi) is 4.42. The molecule has 0 aliphatic carbocycles. The number of hydrogen-bond donors (Lipinski definition) is 0. The number of hydrogen-bond acceptors (Lipinski definition) is 2. The first kappa shape index (κ1) is 10.1. The number of Topliss-reactive ketones (excluding diaryl/α,β-unsaturated/α-hetero) is 1. The molecule has 0 aliphatic rings. The third-order valence-corrected chi connectivity index (χ3v) is 1.41. The number of allylic oxidation sites excluding steroid dienone is 1. The van der Waals surface area contributed by atoms with Crippen molar-refractivity contribution < 1.29 is 9.59 Å². The second-order valence-corrected chi connectivity index (χ2v) is 2.89. The van der Waals surface area contributed by atoms with Crippen LogP contribution in [0.4, 0.5) is 0 Å². The van der Waals surface area contributed by atoms with Gasteiger partial charge in [-0.15, -0.1) is 0 Å². The Hall–Kier alpha value is -0.920. The molecule has 0 unspecified atom stereocenters. The third-order valence-electron chi connectivity index (χ3n) is 1.41. The topological polar surface area (TPSA) is 34.1 Å². The molecule has 0 aromatic heterocycles. The zero-order valence-corrected chi connectivity index (χ0v) is 7.09. The highest BCUT2D eigenvalue weighted by molar-refractivity contribution is 5.89. The number of ketones is 2. The van der Waals surface area contributed by atoms with Crippen molar-refractivity contribution >= 4 is 11.6 Å². The van der Waals surface area contributed by atoms with Gasteiger partial charge in [0.2, 0.25) is 0 Å². The molecule has 62 valence electrons. The van der Waals surface area contributed by atoms with Gasteiger partial charge >= 0.3 is 0 Å². The van der Waals surface area contributed by atoms with Gasteiger partial charge in [0.15, 0.2) is 5.78 Å². The fourth-order valence-corrected chi connectivity index (χ4v) is 0.990. The van der Waals surface area contributed by atoms with Gasteiger partial charge in [-0.3, -0.25) is 4.79 Å². The molecule has 2 heteroatoms. The van der Waals surface area contributed by atoms with Crippen molar-refractivity contribution in [2.24, 2.45) is 5.92 Å². The maximum atomic E-state index is 10.8. The molecule has 11 heavy (non-hydrogen) atoms. The molecule has 0 heterocycles. The Morgan fingerprint density at radius 3 is 2.36 bits per heavy atom. The van der Waals surface area contributed by atoms with Gasteiger partial charge in [-0.25, -0.2) is 0 Å². The van der Waals surface area contributed by atoms with Gasteiger partial charge in [0.05, 0.1) is 0 Å². The summed E-state index contributed by atoms with van der Waals surface area (Å²) in [7, 11) is 0. The minimum atomic E-state index is 0.0127. The molecule has 0 N–H and O–H groups in total. The molecule has 0 rings (SSSR count). The smallest absolute Gasteiger partial charge is 0.155 e. The van der Waals surface area contributed by atoms with E-state index in [1.165, 1.54) is 13.0 Å². The summed E-state index contributed by atoms with van der Waals surface area (Å²) in [4.78, 5) is 21.4. The van der Waals surface area contributed by atoms with E-state index >= 15 is 0 Å². The van der Waals surface area contributed by atoms with Crippen LogP contribution >= 0.6 is 0 Å². The first-order chi connectivity index (χ1) is 5.06. The van der Waals surface area contributed by atoms with Gasteiger partial charge in [-0.2, -0.15) is 0 Å². The maximum absolute atomic E-state index is 10.8. The van der Waals surface area contributed by atoms with E-state index in [4.69, 9.17) is 0 Å². The summed E-state index contributed by atoms with van der Waals surface area (Å²) in [6.45, 7) is 6.79. The summed E-state index contributed by atoms with van der Waals surface area (Å²) in [6.07, 6.45) is 2.22. The van der Waals surface area contributed by atoms with Gasteiger partial charge in [0.1, 0.15) is 5.78 Å². The third kappa shape index (κ3) is 5.52. The van der Waals surface area contributed by atoms with E-state index in [0.29, 0.717) is 12.8 Å². The normalized spacial score (nSPS) is 12.2. The largest absolute Gasteiger partial charge is 0.300 e. The van der Waals surface area contributed by atoms with E-state index in [1.807, 2.05) is 6.92 Å². The molecular formula is C9H14O2. The molecule has 0 saturated heterocycles. The van der Waals surface area contributed by atoms with Crippen LogP contribution in [0.15, 0.2) is 12.7 Å². The van der Waals surface area contributed by atoms with Crippen molar-refractivity contribution in [2.45, 2.75) is 26.7 Å². The average molecular weight is 154 g/mol. The lowest BCUT2D eigenvalue weighted by atomic mass is 9.99. The van der Waals surface area contributed by atoms with Crippen molar-refractivity contribution in [3.8, 4) is 0 Å². The Bertz CT molecular complexity index is 170. The molecule has 0 aliphatic heterocycles. The summed E-state index contributed by atoms with van der Waals surface area (Å²) in [5.41, 5.74) is 0.